The van der Waals surface area contributed by atoms with Gasteiger partial charge >= 0.3 is 30.5 Å². The number of nitrogen functional groups attached to an aromatic ring is 1. The Morgan fingerprint density at radius 1 is 0.800 bits per heavy atom. The number of esters is 1. The Morgan fingerprint density at radius 2 is 1.36 bits per heavy atom. The summed E-state index contributed by atoms with van der Waals surface area (Å²) in [7, 11) is 0. The Hall–Kier alpha value is -4.43. The Labute approximate surface area is 283 Å². The predicted molar refractivity (Wildman–Crippen MR) is 168 cm³/mol. The van der Waals surface area contributed by atoms with Crippen molar-refractivity contribution in [1.82, 2.24) is 0 Å². The van der Waals surface area contributed by atoms with Crippen LogP contribution in [0, 0.1) is 12.8 Å². The first kappa shape index (κ1) is 41.7. The zero-order valence-corrected chi connectivity index (χ0v) is 27.9. The van der Waals surface area contributed by atoms with E-state index >= 15 is 0 Å². The van der Waals surface area contributed by atoms with Gasteiger partial charge < -0.3 is 20.3 Å². The van der Waals surface area contributed by atoms with E-state index in [0.717, 1.165) is 17.7 Å². The second kappa shape index (κ2) is 17.0. The van der Waals surface area contributed by atoms with E-state index in [4.69, 9.17) is 20.3 Å². The Kier molecular flexibility index (Phi) is 14.2. The number of alkyl halides is 9. The molecule has 50 heavy (non-hydrogen) atoms. The van der Waals surface area contributed by atoms with Crippen molar-refractivity contribution in [2.75, 3.05) is 12.3 Å². The highest BCUT2D eigenvalue weighted by atomic mass is 19.4. The monoisotopic (exact) mass is 723 g/mol. The lowest BCUT2D eigenvalue weighted by molar-refractivity contribution is -0.151. The van der Waals surface area contributed by atoms with E-state index in [1.807, 2.05) is 0 Å². The van der Waals surface area contributed by atoms with Crippen molar-refractivity contribution in [3.8, 4) is 16.9 Å². The summed E-state index contributed by atoms with van der Waals surface area (Å²) >= 11 is 0. The van der Waals surface area contributed by atoms with Crippen LogP contribution in [-0.2, 0) is 39.3 Å². The summed E-state index contributed by atoms with van der Waals surface area (Å²) < 4.78 is 127. The van der Waals surface area contributed by atoms with E-state index < -0.39 is 59.2 Å². The van der Waals surface area contributed by atoms with E-state index in [-0.39, 0.29) is 31.1 Å². The lowest BCUT2D eigenvalue weighted by Crippen LogP contribution is -2.18. The molecule has 3 aromatic rings. The summed E-state index contributed by atoms with van der Waals surface area (Å²) in [5, 5.41) is 8.68. The van der Waals surface area contributed by atoms with Gasteiger partial charge in [0, 0.05) is 24.1 Å². The summed E-state index contributed by atoms with van der Waals surface area (Å²) in [6.07, 6.45) is -14.7. The number of aryl methyl sites for hydroxylation is 2. The molecule has 0 spiro atoms. The van der Waals surface area contributed by atoms with Crippen molar-refractivity contribution in [3.63, 3.8) is 0 Å². The molecule has 0 fully saturated rings. The summed E-state index contributed by atoms with van der Waals surface area (Å²) in [6.45, 7) is 8.38. The fourth-order valence-corrected chi connectivity index (χ4v) is 4.79. The van der Waals surface area contributed by atoms with Crippen LogP contribution in [0.25, 0.3) is 11.1 Å². The maximum atomic E-state index is 13.0. The fourth-order valence-electron chi connectivity index (χ4n) is 4.79. The standard InChI is InChI=1S/C20H22F3NO3.C15H16F6O2/c1-3-13-10-14(20(21,22)23)6-7-15(13)16-11-18(12(2)9-17(16)24)27-8-4-5-19(25)26;1-4-12(22)23-13(8(2)3)9-5-10(14(16,17)18)7-11(6-9)15(19,20)21/h6-7,9-11H,3-5,8,24H2,1-2H3,(H,25,26);5-8,13H,4H2,1-3H3/t;13-/m.0/s1. The SMILES string of the molecule is CCC(=O)O[C@H](c1cc(C(F)(F)F)cc(C(F)(F)F)c1)C(C)C.CCc1cc(C(F)(F)F)ccc1-c1cc(OCCCC(=O)O)c(C)cc1N. The number of hydrogen-bond donors (Lipinski definition) is 2. The first-order chi connectivity index (χ1) is 23.0. The molecule has 0 aliphatic carbocycles. The molecule has 6 nitrogen and oxygen atoms in total. The van der Waals surface area contributed by atoms with E-state index in [0.29, 0.717) is 53.1 Å². The number of benzene rings is 3. The minimum absolute atomic E-state index is 0.000234. The van der Waals surface area contributed by atoms with Gasteiger partial charge in [-0.2, -0.15) is 39.5 Å². The van der Waals surface area contributed by atoms with Crippen LogP contribution in [0.4, 0.5) is 45.2 Å². The molecular formula is C35H38F9NO5. The molecule has 0 heterocycles. The first-order valence-electron chi connectivity index (χ1n) is 15.4. The number of hydrogen-bond acceptors (Lipinski definition) is 5. The minimum Gasteiger partial charge on any atom is -0.493 e. The van der Waals surface area contributed by atoms with E-state index in [1.54, 1.807) is 39.8 Å². The maximum absolute atomic E-state index is 13.0. The number of ether oxygens (including phenoxy) is 2. The Morgan fingerprint density at radius 3 is 1.82 bits per heavy atom. The molecule has 0 saturated carbocycles. The number of halogens is 9. The van der Waals surface area contributed by atoms with E-state index in [1.165, 1.54) is 13.0 Å². The van der Waals surface area contributed by atoms with Gasteiger partial charge in [-0.3, -0.25) is 9.59 Å². The van der Waals surface area contributed by atoms with Gasteiger partial charge in [0.05, 0.1) is 23.3 Å². The van der Waals surface area contributed by atoms with Crippen LogP contribution in [0.2, 0.25) is 0 Å². The molecule has 0 amide bonds. The van der Waals surface area contributed by atoms with Crippen molar-refractivity contribution in [2.24, 2.45) is 5.92 Å². The number of carbonyl (C=O) groups is 2. The number of carbonyl (C=O) groups excluding carboxylic acids is 1. The lowest BCUT2D eigenvalue weighted by Gasteiger charge is -2.24. The Balaban J connectivity index is 0.000000352. The number of aliphatic carboxylic acids is 1. The van der Waals surface area contributed by atoms with Crippen LogP contribution < -0.4 is 10.5 Å². The molecule has 0 aromatic heterocycles. The number of nitrogens with two attached hydrogens (primary N) is 1. The van der Waals surface area contributed by atoms with Crippen LogP contribution in [0.1, 0.15) is 86.4 Å². The highest BCUT2D eigenvalue weighted by Crippen LogP contribution is 2.40. The normalized spacial score (nSPS) is 12.6. The molecule has 15 heteroatoms. The van der Waals surface area contributed by atoms with Crippen molar-refractivity contribution in [2.45, 2.75) is 84.9 Å². The van der Waals surface area contributed by atoms with Crippen LogP contribution in [-0.4, -0.2) is 23.7 Å². The van der Waals surface area contributed by atoms with Crippen molar-refractivity contribution < 1.29 is 63.7 Å². The van der Waals surface area contributed by atoms with Crippen molar-refractivity contribution in [3.05, 3.63) is 81.9 Å². The molecular weight excluding hydrogens is 685 g/mol. The number of carboxylic acids is 1. The molecule has 3 N–H and O–H groups in total. The molecule has 0 bridgehead atoms. The average molecular weight is 724 g/mol. The number of anilines is 1. The summed E-state index contributed by atoms with van der Waals surface area (Å²) in [5.74, 6) is -1.55. The van der Waals surface area contributed by atoms with Crippen LogP contribution in [0.5, 0.6) is 5.75 Å². The van der Waals surface area contributed by atoms with Gasteiger partial charge in [-0.1, -0.05) is 33.8 Å². The van der Waals surface area contributed by atoms with Crippen LogP contribution in [0.3, 0.4) is 0 Å². The van der Waals surface area contributed by atoms with Gasteiger partial charge in [-0.05, 0) is 90.4 Å². The second-order valence-electron chi connectivity index (χ2n) is 11.6. The van der Waals surface area contributed by atoms with E-state index in [9.17, 15) is 49.1 Å². The summed E-state index contributed by atoms with van der Waals surface area (Å²) in [4.78, 5) is 22.0. The maximum Gasteiger partial charge on any atom is 0.416 e. The van der Waals surface area contributed by atoms with Crippen molar-refractivity contribution >= 4 is 17.6 Å². The predicted octanol–water partition coefficient (Wildman–Crippen LogP) is 10.4. The quantitative estimate of drug-likeness (QED) is 0.0885. The second-order valence-corrected chi connectivity index (χ2v) is 11.6. The van der Waals surface area contributed by atoms with Gasteiger partial charge in [0.1, 0.15) is 11.9 Å². The van der Waals surface area contributed by atoms with Crippen LogP contribution in [0.15, 0.2) is 48.5 Å². The highest BCUT2D eigenvalue weighted by molar-refractivity contribution is 5.81. The molecule has 0 aliphatic rings. The molecule has 3 aromatic carbocycles. The van der Waals surface area contributed by atoms with Gasteiger partial charge in [0.25, 0.3) is 0 Å². The molecule has 0 aliphatic heterocycles. The largest absolute Gasteiger partial charge is 0.493 e. The smallest absolute Gasteiger partial charge is 0.416 e. The highest BCUT2D eigenvalue weighted by Gasteiger charge is 2.38. The van der Waals surface area contributed by atoms with Gasteiger partial charge in [-0.25, -0.2) is 0 Å². The topological polar surface area (TPSA) is 98.8 Å². The lowest BCUT2D eigenvalue weighted by atomic mass is 9.93. The van der Waals surface area contributed by atoms with Crippen LogP contribution >= 0.6 is 0 Å². The molecule has 1 atom stereocenters. The third kappa shape index (κ3) is 11.9. The number of rotatable bonds is 11. The summed E-state index contributed by atoms with van der Waals surface area (Å²) in [6, 6.07) is 8.24. The molecule has 276 valence electrons. The van der Waals surface area contributed by atoms with Gasteiger partial charge in [-0.15, -0.1) is 0 Å². The fraction of sp³-hybridized carbons (Fsp3) is 0.429. The molecule has 0 saturated heterocycles. The zero-order valence-electron chi connectivity index (χ0n) is 27.9. The molecule has 0 unspecified atom stereocenters. The van der Waals surface area contributed by atoms with Crippen molar-refractivity contribution in [1.29, 1.82) is 0 Å². The average Bonchev–Trinajstić information content (AvgIpc) is 3.01. The number of carboxylic acid groups (broad SMARTS) is 1. The third-order valence-electron chi connectivity index (χ3n) is 7.33. The zero-order chi connectivity index (χ0) is 38.2. The van der Waals surface area contributed by atoms with E-state index in [2.05, 4.69) is 0 Å². The third-order valence-corrected chi connectivity index (χ3v) is 7.33. The minimum atomic E-state index is -4.94. The first-order valence-corrected chi connectivity index (χ1v) is 15.4. The van der Waals surface area contributed by atoms with Gasteiger partial charge in [0.2, 0.25) is 0 Å². The Bertz CT molecular complexity index is 1600. The summed E-state index contributed by atoms with van der Waals surface area (Å²) in [5.41, 5.74) is 5.20. The molecule has 0 radical (unpaired) electrons. The van der Waals surface area contributed by atoms with Gasteiger partial charge in [0.15, 0.2) is 0 Å². The molecule has 3 rings (SSSR count).